The van der Waals surface area contributed by atoms with Crippen molar-refractivity contribution in [2.24, 2.45) is 10.9 Å². The number of fused-ring (bicyclic) bond motifs is 1. The SMILES string of the molecule is I.O=C1CC(CN=C(NCCc2ccco2)NC2CCOc3ccccc32)CN1C1CC1. The average Bonchev–Trinajstić information content (AvgIpc) is 3.36. The van der Waals surface area contributed by atoms with Gasteiger partial charge in [0.25, 0.3) is 0 Å². The Kier molecular flexibility index (Phi) is 7.59. The number of ether oxygens (including phenoxy) is 1. The van der Waals surface area contributed by atoms with Gasteiger partial charge in [-0.05, 0) is 31.0 Å². The monoisotopic (exact) mass is 550 g/mol. The van der Waals surface area contributed by atoms with E-state index in [0.717, 1.165) is 61.8 Å². The van der Waals surface area contributed by atoms with Crippen LogP contribution in [0.4, 0.5) is 0 Å². The first-order valence-electron chi connectivity index (χ1n) is 11.3. The molecule has 1 aromatic carbocycles. The van der Waals surface area contributed by atoms with Gasteiger partial charge in [0.1, 0.15) is 11.5 Å². The summed E-state index contributed by atoms with van der Waals surface area (Å²) in [5, 5.41) is 7.06. The van der Waals surface area contributed by atoms with E-state index in [2.05, 4.69) is 21.6 Å². The summed E-state index contributed by atoms with van der Waals surface area (Å²) >= 11 is 0. The van der Waals surface area contributed by atoms with Crippen LogP contribution in [0.25, 0.3) is 0 Å². The summed E-state index contributed by atoms with van der Waals surface area (Å²) in [6.45, 7) is 2.90. The Balaban J connectivity index is 0.00000245. The molecule has 5 rings (SSSR count). The zero-order chi connectivity index (χ0) is 21.0. The number of nitrogens with one attached hydrogen (secondary N) is 2. The molecule has 3 aliphatic rings. The van der Waals surface area contributed by atoms with E-state index in [0.29, 0.717) is 37.4 Å². The van der Waals surface area contributed by atoms with Gasteiger partial charge in [0.05, 0.1) is 18.9 Å². The number of carbonyl (C=O) groups excluding carboxylic acids is 1. The molecule has 0 bridgehead atoms. The van der Waals surface area contributed by atoms with Crippen LogP contribution in [0.5, 0.6) is 5.75 Å². The van der Waals surface area contributed by atoms with Crippen molar-refractivity contribution in [3.63, 3.8) is 0 Å². The Morgan fingerprint density at radius 3 is 2.84 bits per heavy atom. The molecular formula is C24H31IN4O3. The lowest BCUT2D eigenvalue weighted by atomic mass is 10.0. The van der Waals surface area contributed by atoms with Crippen LogP contribution in [-0.4, -0.2) is 49.0 Å². The molecule has 172 valence electrons. The molecule has 1 amide bonds. The molecule has 7 nitrogen and oxygen atoms in total. The molecule has 2 fully saturated rings. The summed E-state index contributed by atoms with van der Waals surface area (Å²) in [6, 6.07) is 12.7. The molecule has 0 radical (unpaired) electrons. The van der Waals surface area contributed by atoms with Gasteiger partial charge in [0.2, 0.25) is 5.91 Å². The Morgan fingerprint density at radius 1 is 1.16 bits per heavy atom. The van der Waals surface area contributed by atoms with E-state index in [-0.39, 0.29) is 30.0 Å². The number of halogens is 1. The Morgan fingerprint density at radius 2 is 2.03 bits per heavy atom. The fraction of sp³-hybridized carbons (Fsp3) is 0.500. The van der Waals surface area contributed by atoms with Gasteiger partial charge in [-0.1, -0.05) is 18.2 Å². The summed E-state index contributed by atoms with van der Waals surface area (Å²) in [6.07, 6.45) is 6.30. The molecule has 2 aliphatic heterocycles. The molecule has 32 heavy (non-hydrogen) atoms. The third kappa shape index (κ3) is 5.57. The number of carbonyl (C=O) groups is 1. The van der Waals surface area contributed by atoms with Gasteiger partial charge in [-0.15, -0.1) is 24.0 Å². The highest BCUT2D eigenvalue weighted by Crippen LogP contribution is 2.33. The van der Waals surface area contributed by atoms with Crippen LogP contribution in [0, 0.1) is 5.92 Å². The molecule has 2 aromatic rings. The van der Waals surface area contributed by atoms with Crippen LogP contribution in [0.15, 0.2) is 52.1 Å². The minimum absolute atomic E-state index is 0. The fourth-order valence-corrected chi connectivity index (χ4v) is 4.46. The van der Waals surface area contributed by atoms with Crippen LogP contribution in [0.3, 0.4) is 0 Å². The number of aliphatic imine (C=N–C) groups is 1. The van der Waals surface area contributed by atoms with Gasteiger partial charge in [-0.3, -0.25) is 9.79 Å². The standard InChI is InChI=1S/C24H30N4O3.HI/c29-23-14-17(16-28(23)18-7-8-18)15-26-24(25-11-9-19-4-3-12-30-19)27-21-10-13-31-22-6-2-1-5-20(21)22;/h1-6,12,17-18,21H,7-11,13-16H2,(H2,25,26,27);1H. The van der Waals surface area contributed by atoms with Crippen LogP contribution in [-0.2, 0) is 11.2 Å². The third-order valence-corrected chi connectivity index (χ3v) is 6.25. The molecule has 1 aromatic heterocycles. The van der Waals surface area contributed by atoms with Crippen LogP contribution < -0.4 is 15.4 Å². The smallest absolute Gasteiger partial charge is 0.223 e. The van der Waals surface area contributed by atoms with E-state index in [9.17, 15) is 4.79 Å². The highest BCUT2D eigenvalue weighted by molar-refractivity contribution is 14.0. The number of nitrogens with zero attached hydrogens (tertiary/aromatic N) is 2. The second kappa shape index (κ2) is 10.6. The van der Waals surface area contributed by atoms with Crippen molar-refractivity contribution < 1.29 is 13.9 Å². The zero-order valence-electron chi connectivity index (χ0n) is 18.2. The number of furan rings is 1. The summed E-state index contributed by atoms with van der Waals surface area (Å²) in [7, 11) is 0. The quantitative estimate of drug-likeness (QED) is 0.314. The number of hydrogen-bond acceptors (Lipinski definition) is 4. The lowest BCUT2D eigenvalue weighted by molar-refractivity contribution is -0.128. The molecular weight excluding hydrogens is 519 g/mol. The van der Waals surface area contributed by atoms with Gasteiger partial charge in [-0.2, -0.15) is 0 Å². The average molecular weight is 550 g/mol. The van der Waals surface area contributed by atoms with Gasteiger partial charge >= 0.3 is 0 Å². The minimum Gasteiger partial charge on any atom is -0.493 e. The van der Waals surface area contributed by atoms with E-state index in [1.165, 1.54) is 0 Å². The summed E-state index contributed by atoms with van der Waals surface area (Å²) < 4.78 is 11.2. The van der Waals surface area contributed by atoms with E-state index in [1.54, 1.807) is 6.26 Å². The number of likely N-dealkylation sites (tertiary alicyclic amines) is 1. The topological polar surface area (TPSA) is 79.1 Å². The predicted octanol–water partition coefficient (Wildman–Crippen LogP) is 3.51. The highest BCUT2D eigenvalue weighted by atomic mass is 127. The normalized spacial score (nSPS) is 22.7. The number of hydrogen-bond donors (Lipinski definition) is 2. The van der Waals surface area contributed by atoms with Gasteiger partial charge in [-0.25, -0.2) is 0 Å². The molecule has 1 saturated heterocycles. The predicted molar refractivity (Wildman–Crippen MR) is 133 cm³/mol. The van der Waals surface area contributed by atoms with Crippen molar-refractivity contribution in [1.29, 1.82) is 0 Å². The lowest BCUT2D eigenvalue weighted by Crippen LogP contribution is -2.42. The Labute approximate surface area is 206 Å². The van der Waals surface area contributed by atoms with Crippen molar-refractivity contribution in [2.45, 2.75) is 44.2 Å². The van der Waals surface area contributed by atoms with E-state index in [1.807, 2.05) is 30.3 Å². The third-order valence-electron chi connectivity index (χ3n) is 6.25. The van der Waals surface area contributed by atoms with Gasteiger partial charge < -0.3 is 24.7 Å². The second-order valence-electron chi connectivity index (χ2n) is 8.66. The van der Waals surface area contributed by atoms with E-state index < -0.39 is 0 Å². The maximum atomic E-state index is 12.3. The molecule has 2 unspecified atom stereocenters. The molecule has 2 N–H and O–H groups in total. The van der Waals surface area contributed by atoms with E-state index >= 15 is 0 Å². The lowest BCUT2D eigenvalue weighted by Gasteiger charge is -2.28. The molecule has 1 saturated carbocycles. The maximum absolute atomic E-state index is 12.3. The number of benzene rings is 1. The Hall–Kier alpha value is -2.23. The zero-order valence-corrected chi connectivity index (χ0v) is 20.5. The van der Waals surface area contributed by atoms with Crippen LogP contribution >= 0.6 is 24.0 Å². The maximum Gasteiger partial charge on any atom is 0.223 e. The first kappa shape index (κ1) is 22.9. The summed E-state index contributed by atoms with van der Waals surface area (Å²) in [4.78, 5) is 19.2. The highest BCUT2D eigenvalue weighted by Gasteiger charge is 2.39. The fourth-order valence-electron chi connectivity index (χ4n) is 4.46. The van der Waals surface area contributed by atoms with Crippen molar-refractivity contribution in [3.05, 3.63) is 54.0 Å². The molecule has 8 heteroatoms. The van der Waals surface area contributed by atoms with Gasteiger partial charge in [0.15, 0.2) is 5.96 Å². The Bertz CT molecular complexity index is 929. The largest absolute Gasteiger partial charge is 0.493 e. The molecule has 1 aliphatic carbocycles. The van der Waals surface area contributed by atoms with E-state index in [4.69, 9.17) is 14.1 Å². The van der Waals surface area contributed by atoms with Crippen molar-refractivity contribution >= 4 is 35.8 Å². The van der Waals surface area contributed by atoms with Crippen LogP contribution in [0.2, 0.25) is 0 Å². The number of para-hydroxylation sites is 1. The number of guanidine groups is 1. The van der Waals surface area contributed by atoms with Crippen molar-refractivity contribution in [3.8, 4) is 5.75 Å². The first-order chi connectivity index (χ1) is 15.3. The van der Waals surface area contributed by atoms with Crippen molar-refractivity contribution in [1.82, 2.24) is 15.5 Å². The minimum atomic E-state index is 0. The second-order valence-corrected chi connectivity index (χ2v) is 8.66. The van der Waals surface area contributed by atoms with Gasteiger partial charge in [0, 0.05) is 56.4 Å². The molecule has 2 atom stereocenters. The number of amides is 1. The molecule has 3 heterocycles. The van der Waals surface area contributed by atoms with Crippen molar-refractivity contribution in [2.75, 3.05) is 26.2 Å². The molecule has 0 spiro atoms. The van der Waals surface area contributed by atoms with Crippen LogP contribution in [0.1, 0.15) is 43.0 Å². The summed E-state index contributed by atoms with van der Waals surface area (Å²) in [5.74, 6) is 3.25. The first-order valence-corrected chi connectivity index (χ1v) is 11.3. The summed E-state index contributed by atoms with van der Waals surface area (Å²) in [5.41, 5.74) is 1.16. The number of rotatable bonds is 7.